The van der Waals surface area contributed by atoms with Crippen LogP contribution in [-0.2, 0) is 17.4 Å². The Balaban J connectivity index is 1.35. The van der Waals surface area contributed by atoms with E-state index in [0.717, 1.165) is 17.8 Å². The molecule has 0 aliphatic carbocycles. The van der Waals surface area contributed by atoms with Crippen LogP contribution in [-0.4, -0.2) is 44.6 Å². The van der Waals surface area contributed by atoms with Gasteiger partial charge in [0.15, 0.2) is 11.8 Å². The number of benzene rings is 1. The van der Waals surface area contributed by atoms with Crippen LogP contribution in [0.1, 0.15) is 42.1 Å². The Kier molecular flexibility index (Phi) is 5.02. The van der Waals surface area contributed by atoms with E-state index in [1.165, 1.54) is 22.6 Å². The molecule has 0 bridgehead atoms. The van der Waals surface area contributed by atoms with Gasteiger partial charge in [0.1, 0.15) is 17.4 Å². The lowest BCUT2D eigenvalue weighted by Crippen LogP contribution is -2.47. The van der Waals surface area contributed by atoms with Crippen LogP contribution in [0, 0.1) is 5.82 Å². The lowest BCUT2D eigenvalue weighted by molar-refractivity contribution is -0.140. The minimum atomic E-state index is -4.47. The smallest absolute Gasteiger partial charge is 0.417 e. The summed E-state index contributed by atoms with van der Waals surface area (Å²) >= 11 is 0. The van der Waals surface area contributed by atoms with Gasteiger partial charge in [0.2, 0.25) is 0 Å². The second kappa shape index (κ2) is 7.75. The number of aryl methyl sites for hydroxylation is 1. The number of hydrogen-bond donors (Lipinski definition) is 0. The number of aromatic nitrogens is 3. The van der Waals surface area contributed by atoms with E-state index in [2.05, 4.69) is 10.2 Å². The van der Waals surface area contributed by atoms with Crippen LogP contribution in [0.15, 0.2) is 36.5 Å². The number of rotatable bonds is 2. The molecule has 2 aliphatic rings. The lowest BCUT2D eigenvalue weighted by atomic mass is 9.95. The van der Waals surface area contributed by atoms with Crippen molar-refractivity contribution in [2.24, 2.45) is 0 Å². The molecule has 1 aromatic carbocycles. The maximum Gasteiger partial charge on any atom is 0.417 e. The number of nitrogens with zero attached hydrogens (tertiary/aromatic N) is 4. The molecule has 2 aromatic heterocycles. The van der Waals surface area contributed by atoms with E-state index < -0.39 is 23.7 Å². The Morgan fingerprint density at radius 1 is 1.12 bits per heavy atom. The van der Waals surface area contributed by atoms with Crippen molar-refractivity contribution in [3.63, 3.8) is 0 Å². The highest BCUT2D eigenvalue weighted by molar-refractivity contribution is 5.82. The zero-order valence-corrected chi connectivity index (χ0v) is 17.0. The maximum absolute atomic E-state index is 13.6. The van der Waals surface area contributed by atoms with Crippen molar-refractivity contribution in [2.45, 2.75) is 43.9 Å². The molecule has 6 nitrogen and oxygen atoms in total. The van der Waals surface area contributed by atoms with E-state index in [4.69, 9.17) is 4.74 Å². The van der Waals surface area contributed by atoms with Crippen LogP contribution in [0.3, 0.4) is 0 Å². The van der Waals surface area contributed by atoms with Crippen molar-refractivity contribution in [1.82, 2.24) is 19.5 Å². The molecule has 2 unspecified atom stereocenters. The van der Waals surface area contributed by atoms with E-state index in [-0.39, 0.29) is 11.8 Å². The third-order valence-electron chi connectivity index (χ3n) is 6.10. The molecule has 0 spiro atoms. The zero-order chi connectivity index (χ0) is 22.5. The Bertz CT molecular complexity index is 1180. The highest BCUT2D eigenvalue weighted by Gasteiger charge is 2.35. The first-order valence-electron chi connectivity index (χ1n) is 10.5. The summed E-state index contributed by atoms with van der Waals surface area (Å²) in [6, 6.07) is 6.58. The van der Waals surface area contributed by atoms with E-state index in [9.17, 15) is 22.4 Å². The standard InChI is InChI=1S/C22H20F4N4O2/c23-16-6-3-13-4-7-17(32-18(13)10-16)21(31)29-9-1-2-14(11-29)20-28-27-19-8-5-15(12-30(19)20)22(24,25)26/h3,5-6,8,10,12,14,17H,1-2,4,7,9,11H2. The van der Waals surface area contributed by atoms with Gasteiger partial charge in [0.25, 0.3) is 5.91 Å². The van der Waals surface area contributed by atoms with Crippen LogP contribution >= 0.6 is 0 Å². The normalized spacial score (nSPS) is 21.3. The van der Waals surface area contributed by atoms with E-state index >= 15 is 0 Å². The van der Waals surface area contributed by atoms with Crippen LogP contribution in [0.25, 0.3) is 5.65 Å². The molecule has 0 radical (unpaired) electrons. The van der Waals surface area contributed by atoms with Crippen LogP contribution < -0.4 is 4.74 Å². The third kappa shape index (κ3) is 3.78. The van der Waals surface area contributed by atoms with Crippen molar-refractivity contribution in [3.8, 4) is 5.75 Å². The quantitative estimate of drug-likeness (QED) is 0.557. The number of ether oxygens (including phenoxy) is 1. The Morgan fingerprint density at radius 3 is 2.78 bits per heavy atom. The molecule has 0 N–H and O–H groups in total. The fraction of sp³-hybridized carbons (Fsp3) is 0.409. The van der Waals surface area contributed by atoms with Gasteiger partial charge in [0.05, 0.1) is 5.56 Å². The van der Waals surface area contributed by atoms with Crippen molar-refractivity contribution >= 4 is 11.6 Å². The molecule has 1 saturated heterocycles. The molecule has 3 aromatic rings. The summed E-state index contributed by atoms with van der Waals surface area (Å²) in [5.74, 6) is -0.0902. The average molecular weight is 448 g/mol. The predicted molar refractivity (Wildman–Crippen MR) is 106 cm³/mol. The second-order valence-electron chi connectivity index (χ2n) is 8.22. The van der Waals surface area contributed by atoms with E-state index in [0.29, 0.717) is 56.0 Å². The number of halogens is 4. The summed E-state index contributed by atoms with van der Waals surface area (Å²) in [5.41, 5.74) is 0.407. The SMILES string of the molecule is O=C(C1CCc2ccc(F)cc2O1)N1CCCC(c2nnc3ccc(C(F)(F)F)cn23)C1. The first kappa shape index (κ1) is 20.7. The van der Waals surface area contributed by atoms with Gasteiger partial charge in [-0.05, 0) is 49.4 Å². The Morgan fingerprint density at radius 2 is 1.97 bits per heavy atom. The first-order valence-corrected chi connectivity index (χ1v) is 10.5. The number of fused-ring (bicyclic) bond motifs is 2. The van der Waals surface area contributed by atoms with Crippen molar-refractivity contribution < 1.29 is 27.1 Å². The number of hydrogen-bond acceptors (Lipinski definition) is 4. The van der Waals surface area contributed by atoms with E-state index in [1.807, 2.05) is 0 Å². The molecular weight excluding hydrogens is 428 g/mol. The minimum Gasteiger partial charge on any atom is -0.480 e. The molecule has 1 fully saturated rings. The summed E-state index contributed by atoms with van der Waals surface area (Å²) in [7, 11) is 0. The van der Waals surface area contributed by atoms with Gasteiger partial charge < -0.3 is 9.64 Å². The maximum atomic E-state index is 13.6. The highest BCUT2D eigenvalue weighted by atomic mass is 19.4. The number of pyridine rings is 1. The van der Waals surface area contributed by atoms with Gasteiger partial charge in [0, 0.05) is 31.3 Å². The minimum absolute atomic E-state index is 0.200. The van der Waals surface area contributed by atoms with Gasteiger partial charge in [-0.2, -0.15) is 13.2 Å². The fourth-order valence-electron chi connectivity index (χ4n) is 4.46. The Hall–Kier alpha value is -3.17. The molecule has 32 heavy (non-hydrogen) atoms. The van der Waals surface area contributed by atoms with Gasteiger partial charge in [-0.1, -0.05) is 6.07 Å². The number of likely N-dealkylation sites (tertiary alicyclic amines) is 1. The summed E-state index contributed by atoms with van der Waals surface area (Å²) in [4.78, 5) is 14.8. The third-order valence-corrected chi connectivity index (χ3v) is 6.10. The number of piperidine rings is 1. The molecule has 168 valence electrons. The molecule has 2 aliphatic heterocycles. The first-order chi connectivity index (χ1) is 15.3. The summed E-state index contributed by atoms with van der Waals surface area (Å²) in [6.45, 7) is 0.835. The number of amides is 1. The molecule has 1 amide bonds. The predicted octanol–water partition coefficient (Wildman–Crippen LogP) is 3.99. The van der Waals surface area contributed by atoms with Crippen molar-refractivity contribution in [1.29, 1.82) is 0 Å². The van der Waals surface area contributed by atoms with Crippen LogP contribution in [0.4, 0.5) is 17.6 Å². The summed E-state index contributed by atoms with van der Waals surface area (Å²) in [5, 5.41) is 8.11. The summed E-state index contributed by atoms with van der Waals surface area (Å²) in [6.07, 6.45) is -1.72. The molecular formula is C22H20F4N4O2. The van der Waals surface area contributed by atoms with Gasteiger partial charge in [-0.25, -0.2) is 4.39 Å². The molecule has 5 rings (SSSR count). The number of alkyl halides is 3. The number of carbonyl (C=O) groups is 1. The monoisotopic (exact) mass is 448 g/mol. The van der Waals surface area contributed by atoms with Crippen molar-refractivity contribution in [3.05, 3.63) is 59.3 Å². The van der Waals surface area contributed by atoms with E-state index in [1.54, 1.807) is 11.0 Å². The largest absolute Gasteiger partial charge is 0.480 e. The highest BCUT2D eigenvalue weighted by Crippen LogP contribution is 2.33. The lowest BCUT2D eigenvalue weighted by Gasteiger charge is -2.35. The average Bonchev–Trinajstić information content (AvgIpc) is 3.21. The molecule has 2 atom stereocenters. The van der Waals surface area contributed by atoms with Gasteiger partial charge >= 0.3 is 6.18 Å². The molecule has 0 saturated carbocycles. The van der Waals surface area contributed by atoms with Gasteiger partial charge in [-0.15, -0.1) is 10.2 Å². The fourth-order valence-corrected chi connectivity index (χ4v) is 4.46. The Labute approximate surface area is 180 Å². The van der Waals surface area contributed by atoms with Crippen LogP contribution in [0.5, 0.6) is 5.75 Å². The summed E-state index contributed by atoms with van der Waals surface area (Å²) < 4.78 is 60.2. The molecule has 4 heterocycles. The second-order valence-corrected chi connectivity index (χ2v) is 8.22. The zero-order valence-electron chi connectivity index (χ0n) is 17.0. The van der Waals surface area contributed by atoms with Crippen molar-refractivity contribution in [2.75, 3.05) is 13.1 Å². The molecule has 10 heteroatoms. The van der Waals surface area contributed by atoms with Crippen LogP contribution in [0.2, 0.25) is 0 Å². The topological polar surface area (TPSA) is 59.7 Å². The van der Waals surface area contributed by atoms with Gasteiger partial charge in [-0.3, -0.25) is 9.20 Å². The number of carbonyl (C=O) groups excluding carboxylic acids is 1.